The van der Waals surface area contributed by atoms with E-state index in [-0.39, 0.29) is 11.7 Å². The summed E-state index contributed by atoms with van der Waals surface area (Å²) in [4.78, 5) is 27.1. The number of ether oxygens (including phenoxy) is 2. The molecular weight excluding hydrogens is 320 g/mol. The number of piperidine rings is 1. The second-order valence-electron chi connectivity index (χ2n) is 9.27. The van der Waals surface area contributed by atoms with Crippen LogP contribution in [0.5, 0.6) is 0 Å². The number of rotatable bonds is 4. The molecule has 0 aromatic rings. The van der Waals surface area contributed by atoms with Gasteiger partial charge in [0, 0.05) is 38.5 Å². The van der Waals surface area contributed by atoms with Gasteiger partial charge < -0.3 is 14.4 Å². The zero-order chi connectivity index (χ0) is 18.2. The van der Waals surface area contributed by atoms with Crippen molar-refractivity contribution < 1.29 is 19.1 Å². The summed E-state index contributed by atoms with van der Waals surface area (Å²) in [5.74, 6) is 1.25. The van der Waals surface area contributed by atoms with E-state index in [9.17, 15) is 9.59 Å². The average Bonchev–Trinajstić information content (AvgIpc) is 2.41. The number of carbonyl (C=O) groups is 2. The first kappa shape index (κ1) is 18.5. The second-order valence-corrected chi connectivity index (χ2v) is 9.27. The van der Waals surface area contributed by atoms with Crippen LogP contribution in [-0.4, -0.2) is 65.8 Å². The maximum absolute atomic E-state index is 12.1. The van der Waals surface area contributed by atoms with E-state index in [1.165, 1.54) is 12.8 Å². The number of carbonyl (C=O) groups excluding carboxylic acids is 2. The summed E-state index contributed by atoms with van der Waals surface area (Å²) < 4.78 is 10.7. The van der Waals surface area contributed by atoms with E-state index in [1.807, 2.05) is 32.6 Å². The van der Waals surface area contributed by atoms with Gasteiger partial charge >= 0.3 is 6.09 Å². The highest BCUT2D eigenvalue weighted by molar-refractivity contribution is 5.69. The summed E-state index contributed by atoms with van der Waals surface area (Å²) in [6, 6.07) is 0.537. The molecule has 0 unspecified atom stereocenters. The molecule has 0 aromatic heterocycles. The predicted octanol–water partition coefficient (Wildman–Crippen LogP) is 2.66. The van der Waals surface area contributed by atoms with Gasteiger partial charge in [-0.15, -0.1) is 0 Å². The number of hydrogen-bond donors (Lipinski definition) is 0. The Kier molecular flexibility index (Phi) is 5.02. The molecule has 0 aromatic carbocycles. The zero-order valence-corrected chi connectivity index (χ0v) is 16.0. The van der Waals surface area contributed by atoms with Crippen molar-refractivity contribution in [3.05, 3.63) is 0 Å². The molecule has 0 spiro atoms. The van der Waals surface area contributed by atoms with Gasteiger partial charge in [-0.1, -0.05) is 0 Å². The largest absolute Gasteiger partial charge is 0.461 e. The number of amides is 1. The molecule has 1 saturated carbocycles. The van der Waals surface area contributed by atoms with Crippen LogP contribution in [0.1, 0.15) is 53.4 Å². The topological polar surface area (TPSA) is 59.1 Å². The third-order valence-electron chi connectivity index (χ3n) is 5.90. The van der Waals surface area contributed by atoms with Crippen molar-refractivity contribution in [3.63, 3.8) is 0 Å². The maximum Gasteiger partial charge on any atom is 0.410 e. The summed E-state index contributed by atoms with van der Waals surface area (Å²) in [7, 11) is 0. The van der Waals surface area contributed by atoms with Crippen molar-refractivity contribution in [3.8, 4) is 0 Å². The Labute approximate surface area is 150 Å². The lowest BCUT2D eigenvalue weighted by Crippen LogP contribution is -2.60. The van der Waals surface area contributed by atoms with Crippen LogP contribution in [0.25, 0.3) is 0 Å². The van der Waals surface area contributed by atoms with E-state index >= 15 is 0 Å². The summed E-state index contributed by atoms with van der Waals surface area (Å²) in [6.07, 6.45) is 4.16. The second kappa shape index (κ2) is 6.78. The normalized spacial score (nSPS) is 34.0. The zero-order valence-electron chi connectivity index (χ0n) is 16.0. The Hall–Kier alpha value is -1.30. The molecule has 2 saturated heterocycles. The number of nitrogens with zero attached hydrogens (tertiary/aromatic N) is 2. The maximum atomic E-state index is 12.1. The van der Waals surface area contributed by atoms with Crippen LogP contribution in [-0.2, 0) is 14.3 Å². The lowest BCUT2D eigenvalue weighted by molar-refractivity contribution is -0.160. The minimum atomic E-state index is -0.426. The lowest BCUT2D eigenvalue weighted by Gasteiger charge is -2.52. The van der Waals surface area contributed by atoms with Crippen molar-refractivity contribution in [2.45, 2.75) is 70.6 Å². The van der Waals surface area contributed by atoms with E-state index in [1.54, 1.807) is 0 Å². The van der Waals surface area contributed by atoms with Crippen LogP contribution in [0.15, 0.2) is 0 Å². The molecule has 3 rings (SSSR count). The monoisotopic (exact) mass is 352 g/mol. The van der Waals surface area contributed by atoms with Gasteiger partial charge in [-0.3, -0.25) is 9.69 Å². The average molecular weight is 352 g/mol. The lowest BCUT2D eigenvalue weighted by atomic mass is 9.74. The highest BCUT2D eigenvalue weighted by Gasteiger charge is 2.47. The van der Waals surface area contributed by atoms with Gasteiger partial charge in [0.05, 0.1) is 0 Å². The Morgan fingerprint density at radius 3 is 2.44 bits per heavy atom. The van der Waals surface area contributed by atoms with Gasteiger partial charge in [0.25, 0.3) is 6.47 Å². The Bertz CT molecular complexity index is 504. The molecular formula is C19H32N2O4. The van der Waals surface area contributed by atoms with E-state index < -0.39 is 5.60 Å². The Morgan fingerprint density at radius 2 is 1.84 bits per heavy atom. The fraction of sp³-hybridized carbons (Fsp3) is 0.895. The fourth-order valence-corrected chi connectivity index (χ4v) is 4.45. The Balaban J connectivity index is 1.43. The molecule has 142 valence electrons. The van der Waals surface area contributed by atoms with Crippen molar-refractivity contribution in [1.82, 2.24) is 9.80 Å². The smallest absolute Gasteiger partial charge is 0.410 e. The van der Waals surface area contributed by atoms with Crippen molar-refractivity contribution in [2.24, 2.45) is 11.8 Å². The van der Waals surface area contributed by atoms with Gasteiger partial charge in [0.2, 0.25) is 0 Å². The minimum absolute atomic E-state index is 0.183. The van der Waals surface area contributed by atoms with E-state index in [0.717, 1.165) is 39.0 Å². The molecule has 1 atom stereocenters. The van der Waals surface area contributed by atoms with Crippen LogP contribution in [0.2, 0.25) is 0 Å². The van der Waals surface area contributed by atoms with Crippen LogP contribution in [0.4, 0.5) is 4.79 Å². The Morgan fingerprint density at radius 1 is 1.16 bits per heavy atom. The van der Waals surface area contributed by atoms with Gasteiger partial charge in [-0.05, 0) is 58.9 Å². The van der Waals surface area contributed by atoms with Gasteiger partial charge in [0.15, 0.2) is 0 Å². The van der Waals surface area contributed by atoms with Crippen molar-refractivity contribution in [1.29, 1.82) is 0 Å². The molecule has 25 heavy (non-hydrogen) atoms. The molecule has 3 aliphatic rings. The van der Waals surface area contributed by atoms with Crippen LogP contribution in [0.3, 0.4) is 0 Å². The standard InChI is InChI=1S/C19H32N2O4/c1-18(2,3)25-17(23)21-11-15(12-21)14-6-5-7-20(10-14)16-8-19(4,9-16)24-13-22/h13-16H,5-12H2,1-4H3/t14-,16-,19-/m0/s1. The summed E-state index contributed by atoms with van der Waals surface area (Å²) >= 11 is 0. The van der Waals surface area contributed by atoms with Gasteiger partial charge in [0.1, 0.15) is 11.2 Å². The van der Waals surface area contributed by atoms with Crippen molar-refractivity contribution >= 4 is 12.6 Å². The SMILES string of the molecule is CC(C)(C)OC(=O)N1CC([C@H]2CCCN([C@H]3C[C@](C)(OC=O)C3)C2)C1. The molecule has 1 amide bonds. The van der Waals surface area contributed by atoms with Crippen LogP contribution < -0.4 is 0 Å². The molecule has 6 nitrogen and oxygen atoms in total. The molecule has 3 fully saturated rings. The minimum Gasteiger partial charge on any atom is -0.461 e. The van der Waals surface area contributed by atoms with E-state index in [4.69, 9.17) is 9.47 Å². The number of likely N-dealkylation sites (tertiary alicyclic amines) is 2. The summed E-state index contributed by atoms with van der Waals surface area (Å²) in [6.45, 7) is 12.2. The van der Waals surface area contributed by atoms with Gasteiger partial charge in [-0.2, -0.15) is 0 Å². The van der Waals surface area contributed by atoms with Gasteiger partial charge in [-0.25, -0.2) is 4.79 Å². The molecule has 6 heteroatoms. The molecule has 0 N–H and O–H groups in total. The van der Waals surface area contributed by atoms with E-state index in [2.05, 4.69) is 4.90 Å². The first-order valence-electron chi connectivity index (χ1n) is 9.52. The molecule has 1 aliphatic carbocycles. The molecule has 0 bridgehead atoms. The third kappa shape index (κ3) is 4.27. The first-order valence-corrected chi connectivity index (χ1v) is 9.52. The highest BCUT2D eigenvalue weighted by Crippen LogP contribution is 2.41. The first-order chi connectivity index (χ1) is 11.7. The third-order valence-corrected chi connectivity index (χ3v) is 5.90. The highest BCUT2D eigenvalue weighted by atomic mass is 16.6. The van der Waals surface area contributed by atoms with E-state index in [0.29, 0.717) is 24.3 Å². The van der Waals surface area contributed by atoms with Crippen molar-refractivity contribution in [2.75, 3.05) is 26.2 Å². The molecule has 0 radical (unpaired) electrons. The fourth-order valence-electron chi connectivity index (χ4n) is 4.45. The molecule has 2 aliphatic heterocycles. The molecule has 2 heterocycles. The predicted molar refractivity (Wildman–Crippen MR) is 94.2 cm³/mol. The van der Waals surface area contributed by atoms with Crippen LogP contribution >= 0.6 is 0 Å². The summed E-state index contributed by atoms with van der Waals surface area (Å²) in [5, 5.41) is 0. The summed E-state index contributed by atoms with van der Waals surface area (Å²) in [5.41, 5.74) is -0.687. The quantitative estimate of drug-likeness (QED) is 0.728. The number of hydrogen-bond acceptors (Lipinski definition) is 5. The van der Waals surface area contributed by atoms with Crippen LogP contribution in [0, 0.1) is 11.8 Å².